The number of primary amides is 1. The maximum Gasteiger partial charge on any atom is 0.513 e. The van der Waals surface area contributed by atoms with Crippen molar-refractivity contribution in [3.63, 3.8) is 0 Å². The van der Waals surface area contributed by atoms with Crippen LogP contribution in [0.4, 0.5) is 15.3 Å². The fourth-order valence-electron chi connectivity index (χ4n) is 9.32. The summed E-state index contributed by atoms with van der Waals surface area (Å²) < 4.78 is 5.82. The number of fused-ring (bicyclic) bond motifs is 2. The number of carboxylic acid groups (broad SMARTS) is 1. The Balaban J connectivity index is 1.29. The first kappa shape index (κ1) is 24.7. The van der Waals surface area contributed by atoms with Gasteiger partial charge in [0.15, 0.2) is 0 Å². The SMILES string of the molecule is CC(C)(C)OC(=O)N1CC2(CC[N+](C(=O)O)(C3C4CC5C[C@H]3C[C@@](C(N)=O)(C5)C4)CC2)c2ccccc21. The Morgan fingerprint density at radius 2 is 1.68 bits per heavy atom. The number of rotatable bonds is 2. The second-order valence-electron chi connectivity index (χ2n) is 13.7. The summed E-state index contributed by atoms with van der Waals surface area (Å²) in [5, 5.41) is 10.7. The predicted molar refractivity (Wildman–Crippen MR) is 138 cm³/mol. The summed E-state index contributed by atoms with van der Waals surface area (Å²) in [5.74, 6) is 0.779. The molecule has 2 heterocycles. The molecule has 7 rings (SSSR count). The molecule has 0 radical (unpaired) electrons. The van der Waals surface area contributed by atoms with Gasteiger partial charge in [-0.15, -0.1) is 0 Å². The Hall–Kier alpha value is -2.61. The highest BCUT2D eigenvalue weighted by Gasteiger charge is 2.66. The lowest BCUT2D eigenvalue weighted by atomic mass is 9.47. The first-order valence-corrected chi connectivity index (χ1v) is 13.9. The van der Waals surface area contributed by atoms with Crippen LogP contribution < -0.4 is 10.6 Å². The van der Waals surface area contributed by atoms with E-state index in [1.54, 1.807) is 4.90 Å². The maximum atomic E-state index is 13.2. The molecule has 2 aliphatic heterocycles. The van der Waals surface area contributed by atoms with Gasteiger partial charge in [-0.1, -0.05) is 18.2 Å². The number of carbonyl (C=O) groups is 3. The van der Waals surface area contributed by atoms with E-state index in [-0.39, 0.29) is 39.8 Å². The quantitative estimate of drug-likeness (QED) is 0.563. The average Bonchev–Trinajstić information content (AvgIpc) is 3.13. The molecule has 4 saturated carbocycles. The van der Waals surface area contributed by atoms with Crippen LogP contribution in [-0.2, 0) is 14.9 Å². The monoisotopic (exact) mass is 510 g/mol. The number of nitrogens with zero attached hydrogens (tertiary/aromatic N) is 2. The molecule has 5 fully saturated rings. The van der Waals surface area contributed by atoms with Crippen molar-refractivity contribution < 1.29 is 28.7 Å². The minimum Gasteiger partial charge on any atom is -0.443 e. The van der Waals surface area contributed by atoms with Gasteiger partial charge in [0.2, 0.25) is 5.91 Å². The topological polar surface area (TPSA) is 110 Å². The van der Waals surface area contributed by atoms with Crippen LogP contribution in [0.25, 0.3) is 0 Å². The van der Waals surface area contributed by atoms with Gasteiger partial charge in [-0.25, -0.2) is 9.28 Å². The molecule has 6 aliphatic rings. The van der Waals surface area contributed by atoms with Crippen LogP contribution in [0, 0.1) is 23.2 Å². The predicted octanol–water partition coefficient (Wildman–Crippen LogP) is 4.65. The third-order valence-corrected chi connectivity index (χ3v) is 10.5. The number of likely N-dealkylation sites (tertiary alicyclic amines) is 1. The second kappa shape index (κ2) is 7.95. The number of para-hydroxylation sites is 1. The standard InChI is InChI=1S/C29H39N3O5/c1-27(2,3)37-25(34)31-17-28(21-6-4-5-7-22(21)31)8-10-32(11-9-28,26(35)36)23-19-12-18-13-20(23)16-29(14-18,15-19)24(30)33/h4-7,18-20,23H,8-17H2,1-3H3,(H2-,30,33,35,36)/p+1/t18?,19-,20?,23?,28?,29-,32?/m0/s1. The van der Waals surface area contributed by atoms with Gasteiger partial charge in [0.25, 0.3) is 0 Å². The highest BCUT2D eigenvalue weighted by molar-refractivity contribution is 5.91. The molecule has 3 unspecified atom stereocenters. The number of nitrogens with two attached hydrogens (primary N) is 1. The molecule has 37 heavy (non-hydrogen) atoms. The van der Waals surface area contributed by atoms with Gasteiger partial charge in [-0.3, -0.25) is 9.69 Å². The van der Waals surface area contributed by atoms with E-state index in [1.807, 2.05) is 39.0 Å². The van der Waals surface area contributed by atoms with E-state index in [9.17, 15) is 19.5 Å². The molecule has 1 aromatic rings. The smallest absolute Gasteiger partial charge is 0.443 e. The lowest BCUT2D eigenvalue weighted by Gasteiger charge is -2.62. The molecule has 3 amide bonds. The van der Waals surface area contributed by atoms with Crippen molar-refractivity contribution in [3.8, 4) is 0 Å². The summed E-state index contributed by atoms with van der Waals surface area (Å²) >= 11 is 0. The molecule has 1 saturated heterocycles. The summed E-state index contributed by atoms with van der Waals surface area (Å²) in [6.45, 7) is 7.21. The van der Waals surface area contributed by atoms with Crippen LogP contribution in [0.2, 0.25) is 0 Å². The number of quaternary nitrogens is 1. The van der Waals surface area contributed by atoms with E-state index in [1.165, 1.54) is 0 Å². The zero-order valence-corrected chi connectivity index (χ0v) is 22.2. The first-order chi connectivity index (χ1) is 17.4. The first-order valence-electron chi connectivity index (χ1n) is 13.9. The van der Waals surface area contributed by atoms with Gasteiger partial charge in [0.05, 0.1) is 24.2 Å². The van der Waals surface area contributed by atoms with Crippen LogP contribution in [0.1, 0.15) is 71.3 Å². The Morgan fingerprint density at radius 1 is 1.05 bits per heavy atom. The Bertz CT molecular complexity index is 1130. The average molecular weight is 511 g/mol. The molecule has 5 atom stereocenters. The van der Waals surface area contributed by atoms with Gasteiger partial charge in [-0.2, -0.15) is 4.79 Å². The highest BCUT2D eigenvalue weighted by atomic mass is 16.6. The van der Waals surface area contributed by atoms with Crippen molar-refractivity contribution in [1.29, 1.82) is 0 Å². The Kier molecular flexibility index (Phi) is 5.31. The van der Waals surface area contributed by atoms with Gasteiger partial charge < -0.3 is 15.6 Å². The molecule has 8 heteroatoms. The lowest BCUT2D eigenvalue weighted by molar-refractivity contribution is -0.900. The molecule has 4 bridgehead atoms. The number of amides is 3. The Labute approximate surface area is 218 Å². The zero-order valence-electron chi connectivity index (χ0n) is 22.2. The van der Waals surface area contributed by atoms with Crippen molar-refractivity contribution in [2.75, 3.05) is 24.5 Å². The summed E-state index contributed by atoms with van der Waals surface area (Å²) in [7, 11) is 0. The van der Waals surface area contributed by atoms with Crippen LogP contribution in [0.5, 0.6) is 0 Å². The summed E-state index contributed by atoms with van der Waals surface area (Å²) in [6, 6.07) is 8.06. The molecule has 1 aromatic carbocycles. The van der Waals surface area contributed by atoms with Crippen molar-refractivity contribution in [1.82, 2.24) is 0 Å². The molecule has 4 aliphatic carbocycles. The Morgan fingerprint density at radius 3 is 2.24 bits per heavy atom. The van der Waals surface area contributed by atoms with E-state index in [0.29, 0.717) is 38.4 Å². The molecule has 200 valence electrons. The number of carbonyl (C=O) groups excluding carboxylic acids is 2. The minimum absolute atomic E-state index is 0.0393. The summed E-state index contributed by atoms with van der Waals surface area (Å²) in [4.78, 5) is 40.5. The van der Waals surface area contributed by atoms with E-state index in [4.69, 9.17) is 10.5 Å². The van der Waals surface area contributed by atoms with Crippen LogP contribution in [-0.4, -0.2) is 59.0 Å². The third kappa shape index (κ3) is 3.62. The van der Waals surface area contributed by atoms with Crippen LogP contribution in [0.15, 0.2) is 24.3 Å². The highest BCUT2D eigenvalue weighted by Crippen LogP contribution is 2.63. The van der Waals surface area contributed by atoms with Crippen molar-refractivity contribution in [3.05, 3.63) is 29.8 Å². The molecular formula is C29H40N3O5+. The minimum atomic E-state index is -0.740. The van der Waals surface area contributed by atoms with E-state index in [0.717, 1.165) is 43.4 Å². The van der Waals surface area contributed by atoms with Crippen molar-refractivity contribution >= 4 is 23.8 Å². The number of hydrogen-bond donors (Lipinski definition) is 2. The van der Waals surface area contributed by atoms with Gasteiger partial charge in [-0.05, 0) is 70.4 Å². The summed E-state index contributed by atoms with van der Waals surface area (Å²) in [6.07, 6.45) is 4.73. The molecular weight excluding hydrogens is 470 g/mol. The van der Waals surface area contributed by atoms with E-state index >= 15 is 0 Å². The van der Waals surface area contributed by atoms with Crippen molar-refractivity contribution in [2.24, 2.45) is 28.9 Å². The van der Waals surface area contributed by atoms with Gasteiger partial charge in [0, 0.05) is 36.6 Å². The summed E-state index contributed by atoms with van der Waals surface area (Å²) in [5.41, 5.74) is 6.62. The fourth-order valence-corrected chi connectivity index (χ4v) is 9.32. The van der Waals surface area contributed by atoms with Crippen LogP contribution >= 0.6 is 0 Å². The number of ether oxygens (including phenoxy) is 1. The molecule has 3 N–H and O–H groups in total. The van der Waals surface area contributed by atoms with Crippen LogP contribution in [0.3, 0.4) is 0 Å². The third-order valence-electron chi connectivity index (χ3n) is 10.5. The molecule has 1 spiro atoms. The zero-order chi connectivity index (χ0) is 26.4. The second-order valence-corrected chi connectivity index (χ2v) is 13.7. The van der Waals surface area contributed by atoms with Gasteiger partial charge in [0.1, 0.15) is 11.6 Å². The normalized spacial score (nSPS) is 40.0. The lowest BCUT2D eigenvalue weighted by Crippen LogP contribution is -2.72. The number of hydrogen-bond acceptors (Lipinski definition) is 4. The largest absolute Gasteiger partial charge is 0.513 e. The van der Waals surface area contributed by atoms with E-state index < -0.39 is 17.1 Å². The molecule has 0 aromatic heterocycles. The maximum absolute atomic E-state index is 13.2. The molecule has 8 nitrogen and oxygen atoms in total. The van der Waals surface area contributed by atoms with E-state index in [2.05, 4.69) is 6.07 Å². The fraction of sp³-hybridized carbons (Fsp3) is 0.690. The van der Waals surface area contributed by atoms with Gasteiger partial charge >= 0.3 is 12.2 Å². The number of piperidine rings is 1. The number of anilines is 1. The van der Waals surface area contributed by atoms with Crippen molar-refractivity contribution in [2.45, 2.75) is 82.8 Å². The number of benzene rings is 1.